The predicted octanol–water partition coefficient (Wildman–Crippen LogP) is 1.49. The molecule has 3 nitrogen and oxygen atoms in total. The summed E-state index contributed by atoms with van der Waals surface area (Å²) in [6.45, 7) is 0. The molecule has 3 aliphatic rings. The van der Waals surface area contributed by atoms with Gasteiger partial charge in [-0.05, 0) is 44.4 Å². The fourth-order valence-corrected chi connectivity index (χ4v) is 1.64. The van der Waals surface area contributed by atoms with Crippen LogP contribution in [0.25, 0.3) is 0 Å². The highest BCUT2D eigenvalue weighted by Crippen LogP contribution is 2.53. The molecule has 0 atom stereocenters. The second-order valence-electron chi connectivity index (χ2n) is 4.68. The van der Waals surface area contributed by atoms with E-state index < -0.39 is 0 Å². The Morgan fingerprint density at radius 2 is 1.86 bits per heavy atom. The summed E-state index contributed by atoms with van der Waals surface area (Å²) in [4.78, 5) is 10.4. The summed E-state index contributed by atoms with van der Waals surface area (Å²) >= 11 is 0. The Morgan fingerprint density at radius 1 is 1.29 bits per heavy atom. The highest BCUT2D eigenvalue weighted by Gasteiger charge is 2.52. The van der Waals surface area contributed by atoms with Crippen molar-refractivity contribution in [1.29, 1.82) is 0 Å². The molecule has 3 heteroatoms. The van der Waals surface area contributed by atoms with Crippen LogP contribution in [0.5, 0.6) is 0 Å². The largest absolute Gasteiger partial charge is 0.469 e. The van der Waals surface area contributed by atoms with E-state index in [-0.39, 0.29) is 17.5 Å². The van der Waals surface area contributed by atoms with Crippen LogP contribution in [0.15, 0.2) is 0 Å². The van der Waals surface area contributed by atoms with Crippen molar-refractivity contribution < 1.29 is 14.6 Å². The van der Waals surface area contributed by atoms with Gasteiger partial charge < -0.3 is 9.84 Å². The Labute approximate surface area is 84.4 Å². The van der Waals surface area contributed by atoms with Gasteiger partial charge in [-0.2, -0.15) is 0 Å². The molecule has 80 valence electrons. The molecule has 3 aliphatic carbocycles. The Bertz CT molecular complexity index is 225. The second-order valence-corrected chi connectivity index (χ2v) is 4.68. The summed E-state index contributed by atoms with van der Waals surface area (Å²) in [6.07, 6.45) is 6.81. The molecule has 0 saturated heterocycles. The lowest BCUT2D eigenvalue weighted by Gasteiger charge is -1.99. The van der Waals surface area contributed by atoms with Gasteiger partial charge >= 0.3 is 5.97 Å². The molecule has 1 N–H and O–H groups in total. The smallest absolute Gasteiger partial charge is 0.308 e. The third-order valence-corrected chi connectivity index (χ3v) is 3.21. The average Bonchev–Trinajstić information content (AvgIpc) is 3.03. The number of carbonyl (C=O) groups is 1. The van der Waals surface area contributed by atoms with Gasteiger partial charge in [0.25, 0.3) is 0 Å². The molecule has 14 heavy (non-hydrogen) atoms. The number of hydrogen-bond acceptors (Lipinski definition) is 3. The molecule has 0 aromatic heterocycles. The van der Waals surface area contributed by atoms with Gasteiger partial charge in [0.15, 0.2) is 0 Å². The molecular formula is C11H18O3. The number of methoxy groups -OCH3 is 1. The van der Waals surface area contributed by atoms with Crippen molar-refractivity contribution in [1.82, 2.24) is 0 Å². The Hall–Kier alpha value is -0.570. The third kappa shape index (κ3) is 2.47. The molecule has 0 aromatic carbocycles. The quantitative estimate of drug-likeness (QED) is 0.684. The van der Waals surface area contributed by atoms with Gasteiger partial charge in [-0.3, -0.25) is 4.79 Å². The third-order valence-electron chi connectivity index (χ3n) is 3.21. The van der Waals surface area contributed by atoms with Crippen molar-refractivity contribution in [2.75, 3.05) is 7.11 Å². The molecule has 3 fully saturated rings. The molecule has 3 saturated carbocycles. The fourth-order valence-electron chi connectivity index (χ4n) is 1.64. The van der Waals surface area contributed by atoms with Gasteiger partial charge in [0.1, 0.15) is 0 Å². The van der Waals surface area contributed by atoms with E-state index in [0.29, 0.717) is 5.92 Å². The lowest BCUT2D eigenvalue weighted by Crippen LogP contribution is -2.07. The summed E-state index contributed by atoms with van der Waals surface area (Å²) in [5.74, 6) is 0.928. The van der Waals surface area contributed by atoms with Gasteiger partial charge in [0.05, 0.1) is 18.6 Å². The van der Waals surface area contributed by atoms with E-state index in [1.165, 1.54) is 20.0 Å². The average molecular weight is 198 g/mol. The minimum Gasteiger partial charge on any atom is -0.469 e. The Kier molecular flexibility index (Phi) is 2.52. The fraction of sp³-hybridized carbons (Fsp3) is 0.909. The van der Waals surface area contributed by atoms with E-state index in [4.69, 9.17) is 0 Å². The van der Waals surface area contributed by atoms with Crippen LogP contribution in [-0.2, 0) is 9.53 Å². The molecule has 0 bridgehead atoms. The minimum absolute atomic E-state index is 0.0417. The first-order valence-corrected chi connectivity index (χ1v) is 5.46. The zero-order valence-electron chi connectivity index (χ0n) is 8.66. The van der Waals surface area contributed by atoms with Crippen LogP contribution in [-0.4, -0.2) is 23.8 Å². The maximum atomic E-state index is 10.4. The van der Waals surface area contributed by atoms with Gasteiger partial charge in [0.2, 0.25) is 0 Å². The Morgan fingerprint density at radius 3 is 2.00 bits per heavy atom. The van der Waals surface area contributed by atoms with Crippen molar-refractivity contribution in [3.63, 3.8) is 0 Å². The SMILES string of the molecule is COC(=O)C1CC1.OC1(C2CC2)CC1. The standard InChI is InChI=1S/C6H10O.C5H8O2/c7-6(3-4-6)5-1-2-5;1-7-5(6)4-2-3-4/h5,7H,1-4H2;4H,2-3H2,1H3. The normalized spacial score (nSPS) is 27.3. The molecule has 0 spiro atoms. The van der Waals surface area contributed by atoms with E-state index >= 15 is 0 Å². The van der Waals surface area contributed by atoms with Crippen molar-refractivity contribution in [2.45, 2.75) is 44.1 Å². The number of ether oxygens (including phenoxy) is 1. The van der Waals surface area contributed by atoms with Crippen LogP contribution in [0.1, 0.15) is 38.5 Å². The first kappa shape index (κ1) is 9.97. The van der Waals surface area contributed by atoms with Crippen molar-refractivity contribution in [3.8, 4) is 0 Å². The monoisotopic (exact) mass is 198 g/mol. The van der Waals surface area contributed by atoms with Crippen LogP contribution < -0.4 is 0 Å². The van der Waals surface area contributed by atoms with E-state index in [9.17, 15) is 9.90 Å². The number of esters is 1. The van der Waals surface area contributed by atoms with Crippen LogP contribution in [0.4, 0.5) is 0 Å². The van der Waals surface area contributed by atoms with E-state index in [1.54, 1.807) is 0 Å². The highest BCUT2D eigenvalue weighted by atomic mass is 16.5. The summed E-state index contributed by atoms with van der Waals surface area (Å²) in [6, 6.07) is 0. The predicted molar refractivity (Wildman–Crippen MR) is 51.6 cm³/mol. The van der Waals surface area contributed by atoms with Crippen molar-refractivity contribution >= 4 is 5.97 Å². The van der Waals surface area contributed by atoms with Gasteiger partial charge in [-0.25, -0.2) is 0 Å². The van der Waals surface area contributed by atoms with Gasteiger partial charge in [-0.15, -0.1) is 0 Å². The van der Waals surface area contributed by atoms with Crippen molar-refractivity contribution in [3.05, 3.63) is 0 Å². The topological polar surface area (TPSA) is 46.5 Å². The summed E-state index contributed by atoms with van der Waals surface area (Å²) in [5, 5.41) is 9.27. The van der Waals surface area contributed by atoms with E-state index in [0.717, 1.165) is 25.7 Å². The summed E-state index contributed by atoms with van der Waals surface area (Å²) < 4.78 is 4.44. The highest BCUT2D eigenvalue weighted by molar-refractivity contribution is 5.74. The molecule has 0 radical (unpaired) electrons. The molecule has 0 aliphatic heterocycles. The maximum absolute atomic E-state index is 10.4. The van der Waals surface area contributed by atoms with Gasteiger partial charge in [-0.1, -0.05) is 0 Å². The molecular weight excluding hydrogens is 180 g/mol. The van der Waals surface area contributed by atoms with E-state index in [1.807, 2.05) is 0 Å². The molecule has 0 unspecified atom stereocenters. The van der Waals surface area contributed by atoms with Crippen molar-refractivity contribution in [2.24, 2.45) is 11.8 Å². The van der Waals surface area contributed by atoms with Gasteiger partial charge in [0, 0.05) is 0 Å². The molecule has 0 aromatic rings. The maximum Gasteiger partial charge on any atom is 0.308 e. The van der Waals surface area contributed by atoms with E-state index in [2.05, 4.69) is 4.74 Å². The number of hydrogen-bond donors (Lipinski definition) is 1. The lowest BCUT2D eigenvalue weighted by atomic mass is 10.2. The summed E-state index contributed by atoms with van der Waals surface area (Å²) in [5.41, 5.74) is -0.139. The molecule has 0 heterocycles. The van der Waals surface area contributed by atoms with Crippen LogP contribution >= 0.6 is 0 Å². The van der Waals surface area contributed by atoms with Crippen LogP contribution in [0.2, 0.25) is 0 Å². The lowest BCUT2D eigenvalue weighted by molar-refractivity contribution is -0.142. The number of aliphatic hydroxyl groups is 1. The summed E-state index contributed by atoms with van der Waals surface area (Å²) in [7, 11) is 1.43. The first-order valence-electron chi connectivity index (χ1n) is 5.46. The second kappa shape index (κ2) is 3.54. The Balaban J connectivity index is 0.000000107. The number of rotatable bonds is 2. The molecule has 3 rings (SSSR count). The van der Waals surface area contributed by atoms with Crippen LogP contribution in [0.3, 0.4) is 0 Å². The zero-order chi connectivity index (χ0) is 10.2. The minimum atomic E-state index is -0.139. The molecule has 0 amide bonds. The number of carbonyl (C=O) groups excluding carboxylic acids is 1. The van der Waals surface area contributed by atoms with Crippen LogP contribution in [0, 0.1) is 11.8 Å². The first-order chi connectivity index (χ1) is 6.65. The zero-order valence-corrected chi connectivity index (χ0v) is 8.66.